The second kappa shape index (κ2) is 4.39. The molecule has 0 saturated carbocycles. The Morgan fingerprint density at radius 3 is 2.69 bits per heavy atom. The van der Waals surface area contributed by atoms with E-state index in [0.717, 1.165) is 11.3 Å². The van der Waals surface area contributed by atoms with Crippen molar-refractivity contribution in [3.63, 3.8) is 0 Å². The fourth-order valence-corrected chi connectivity index (χ4v) is 1.79. The number of nitrogens with zero attached hydrogens (tertiary/aromatic N) is 1. The van der Waals surface area contributed by atoms with Crippen molar-refractivity contribution < 1.29 is 4.79 Å². The molecule has 0 bridgehead atoms. The Hall–Kier alpha value is -0.870. The molecule has 1 N–H and O–H groups in total. The summed E-state index contributed by atoms with van der Waals surface area (Å²) in [7, 11) is 3.60. The van der Waals surface area contributed by atoms with Crippen LogP contribution >= 0.6 is 11.3 Å². The first-order chi connectivity index (χ1) is 6.13. The summed E-state index contributed by atoms with van der Waals surface area (Å²) in [6.07, 6.45) is 0.986. The van der Waals surface area contributed by atoms with Gasteiger partial charge in [0.25, 0.3) is 5.91 Å². The zero-order valence-electron chi connectivity index (χ0n) is 8.13. The SMILES string of the molecule is CCc1ccc(C(=O)NN(C)C)s1. The van der Waals surface area contributed by atoms with E-state index in [4.69, 9.17) is 0 Å². The van der Waals surface area contributed by atoms with Crippen LogP contribution in [0, 0.1) is 0 Å². The maximum atomic E-state index is 11.4. The van der Waals surface area contributed by atoms with Gasteiger partial charge in [0.15, 0.2) is 0 Å². The second-order valence-corrected chi connectivity index (χ2v) is 4.12. The van der Waals surface area contributed by atoms with E-state index in [1.807, 2.05) is 12.1 Å². The number of nitrogens with one attached hydrogen (secondary N) is 1. The molecule has 72 valence electrons. The molecule has 0 aliphatic carbocycles. The molecule has 0 aliphatic rings. The highest BCUT2D eigenvalue weighted by Gasteiger charge is 2.08. The average molecular weight is 198 g/mol. The van der Waals surface area contributed by atoms with Gasteiger partial charge < -0.3 is 0 Å². The highest BCUT2D eigenvalue weighted by atomic mass is 32.1. The molecule has 3 nitrogen and oxygen atoms in total. The number of aryl methyl sites for hydroxylation is 1. The first-order valence-corrected chi connectivity index (χ1v) is 5.02. The Bertz CT molecular complexity index is 294. The second-order valence-electron chi connectivity index (χ2n) is 2.95. The number of hydrogen-bond donors (Lipinski definition) is 1. The fourth-order valence-electron chi connectivity index (χ4n) is 0.948. The lowest BCUT2D eigenvalue weighted by Crippen LogP contribution is -2.35. The third kappa shape index (κ3) is 2.82. The standard InChI is InChI=1S/C9H14N2OS/c1-4-7-5-6-8(13-7)9(12)10-11(2)3/h5-6H,4H2,1-3H3,(H,10,12). The van der Waals surface area contributed by atoms with E-state index in [1.165, 1.54) is 4.88 Å². The molecule has 4 heteroatoms. The van der Waals surface area contributed by atoms with Gasteiger partial charge >= 0.3 is 0 Å². The lowest BCUT2D eigenvalue weighted by Gasteiger charge is -2.09. The highest BCUT2D eigenvalue weighted by Crippen LogP contribution is 2.16. The third-order valence-corrected chi connectivity index (χ3v) is 2.79. The molecule has 0 aromatic carbocycles. The van der Waals surface area contributed by atoms with Crippen molar-refractivity contribution in [2.24, 2.45) is 0 Å². The normalized spacial score (nSPS) is 10.5. The lowest BCUT2D eigenvalue weighted by atomic mass is 10.3. The van der Waals surface area contributed by atoms with Crippen LogP contribution in [-0.2, 0) is 6.42 Å². The molecule has 1 amide bonds. The van der Waals surface area contributed by atoms with Gasteiger partial charge in [-0.1, -0.05) is 6.92 Å². The Balaban J connectivity index is 2.66. The van der Waals surface area contributed by atoms with E-state index in [1.54, 1.807) is 30.4 Å². The Morgan fingerprint density at radius 2 is 2.23 bits per heavy atom. The molecule has 1 aromatic rings. The van der Waals surface area contributed by atoms with Crippen molar-refractivity contribution in [2.75, 3.05) is 14.1 Å². The maximum absolute atomic E-state index is 11.4. The molecule has 13 heavy (non-hydrogen) atoms. The predicted octanol–water partition coefficient (Wildman–Crippen LogP) is 1.52. The van der Waals surface area contributed by atoms with Crippen molar-refractivity contribution >= 4 is 17.2 Å². The van der Waals surface area contributed by atoms with Crippen molar-refractivity contribution in [1.29, 1.82) is 0 Å². The van der Waals surface area contributed by atoms with Crippen LogP contribution in [0.15, 0.2) is 12.1 Å². The van der Waals surface area contributed by atoms with Crippen molar-refractivity contribution in [2.45, 2.75) is 13.3 Å². The molecule has 0 unspecified atom stereocenters. The fraction of sp³-hybridized carbons (Fsp3) is 0.444. The molecular formula is C9H14N2OS. The number of hydrazine groups is 1. The number of thiophene rings is 1. The van der Waals surface area contributed by atoms with Gasteiger partial charge in [-0.15, -0.1) is 11.3 Å². The van der Waals surface area contributed by atoms with Crippen LogP contribution in [0.5, 0.6) is 0 Å². The minimum atomic E-state index is -0.0327. The molecular weight excluding hydrogens is 184 g/mol. The maximum Gasteiger partial charge on any atom is 0.275 e. The van der Waals surface area contributed by atoms with Gasteiger partial charge in [-0.3, -0.25) is 10.2 Å². The molecule has 0 aliphatic heterocycles. The lowest BCUT2D eigenvalue weighted by molar-refractivity contribution is 0.0861. The first kappa shape index (κ1) is 10.2. The molecule has 0 saturated heterocycles. The summed E-state index contributed by atoms with van der Waals surface area (Å²) in [4.78, 5) is 13.5. The van der Waals surface area contributed by atoms with E-state index in [0.29, 0.717) is 0 Å². The Kier molecular flexibility index (Phi) is 3.45. The van der Waals surface area contributed by atoms with E-state index in [-0.39, 0.29) is 5.91 Å². The van der Waals surface area contributed by atoms with Gasteiger partial charge in [-0.05, 0) is 18.6 Å². The van der Waals surface area contributed by atoms with Crippen LogP contribution in [0.25, 0.3) is 0 Å². The number of carbonyl (C=O) groups is 1. The first-order valence-electron chi connectivity index (χ1n) is 4.20. The largest absolute Gasteiger partial charge is 0.285 e. The van der Waals surface area contributed by atoms with Gasteiger partial charge in [0, 0.05) is 19.0 Å². The molecule has 1 aromatic heterocycles. The summed E-state index contributed by atoms with van der Waals surface area (Å²) >= 11 is 1.54. The summed E-state index contributed by atoms with van der Waals surface area (Å²) in [6, 6.07) is 3.86. The van der Waals surface area contributed by atoms with E-state index >= 15 is 0 Å². The summed E-state index contributed by atoms with van der Waals surface area (Å²) in [5.74, 6) is -0.0327. The molecule has 0 fully saturated rings. The van der Waals surface area contributed by atoms with E-state index < -0.39 is 0 Å². The van der Waals surface area contributed by atoms with Gasteiger partial charge in [-0.2, -0.15) is 0 Å². The van der Waals surface area contributed by atoms with Gasteiger partial charge in [-0.25, -0.2) is 5.01 Å². The molecule has 1 heterocycles. The summed E-state index contributed by atoms with van der Waals surface area (Å²) < 4.78 is 0. The summed E-state index contributed by atoms with van der Waals surface area (Å²) in [5.41, 5.74) is 2.70. The predicted molar refractivity (Wildman–Crippen MR) is 54.9 cm³/mol. The summed E-state index contributed by atoms with van der Waals surface area (Å²) in [5, 5.41) is 1.65. The van der Waals surface area contributed by atoms with Crippen LogP contribution in [-0.4, -0.2) is 25.0 Å². The smallest absolute Gasteiger partial charge is 0.275 e. The molecule has 0 spiro atoms. The third-order valence-electron chi connectivity index (χ3n) is 1.56. The number of hydrogen-bond acceptors (Lipinski definition) is 3. The van der Waals surface area contributed by atoms with Gasteiger partial charge in [0.1, 0.15) is 0 Å². The monoisotopic (exact) mass is 198 g/mol. The Labute approximate surface area is 82.3 Å². The highest BCUT2D eigenvalue weighted by molar-refractivity contribution is 7.14. The van der Waals surface area contributed by atoms with Crippen LogP contribution in [0.3, 0.4) is 0 Å². The van der Waals surface area contributed by atoms with Crippen LogP contribution in [0.1, 0.15) is 21.5 Å². The average Bonchev–Trinajstić information content (AvgIpc) is 2.50. The number of rotatable bonds is 3. The van der Waals surface area contributed by atoms with Gasteiger partial charge in [0.2, 0.25) is 0 Å². The minimum Gasteiger partial charge on any atom is -0.285 e. The van der Waals surface area contributed by atoms with Crippen molar-refractivity contribution in [3.8, 4) is 0 Å². The minimum absolute atomic E-state index is 0.0327. The molecule has 0 radical (unpaired) electrons. The van der Waals surface area contributed by atoms with Crippen molar-refractivity contribution in [3.05, 3.63) is 21.9 Å². The zero-order chi connectivity index (χ0) is 9.84. The summed E-state index contributed by atoms with van der Waals surface area (Å²) in [6.45, 7) is 2.08. The Morgan fingerprint density at radius 1 is 1.54 bits per heavy atom. The molecule has 0 atom stereocenters. The van der Waals surface area contributed by atoms with Gasteiger partial charge in [0.05, 0.1) is 4.88 Å². The number of amides is 1. The number of carbonyl (C=O) groups excluding carboxylic acids is 1. The topological polar surface area (TPSA) is 32.3 Å². The quantitative estimate of drug-likeness (QED) is 0.747. The van der Waals surface area contributed by atoms with Crippen LogP contribution in [0.4, 0.5) is 0 Å². The van der Waals surface area contributed by atoms with E-state index in [2.05, 4.69) is 12.3 Å². The zero-order valence-corrected chi connectivity index (χ0v) is 8.94. The van der Waals surface area contributed by atoms with E-state index in [9.17, 15) is 4.79 Å². The molecule has 1 rings (SSSR count). The van der Waals surface area contributed by atoms with Crippen LogP contribution in [0.2, 0.25) is 0 Å². The van der Waals surface area contributed by atoms with Crippen LogP contribution < -0.4 is 5.43 Å². The van der Waals surface area contributed by atoms with Crippen molar-refractivity contribution in [1.82, 2.24) is 10.4 Å².